The van der Waals surface area contributed by atoms with E-state index in [1.54, 1.807) is 25.4 Å². The van der Waals surface area contributed by atoms with Crippen molar-refractivity contribution in [1.82, 2.24) is 9.97 Å². The van der Waals surface area contributed by atoms with Crippen LogP contribution in [0.15, 0.2) is 45.5 Å². The number of nitrogens with one attached hydrogen (secondary N) is 1. The molecule has 6 heteroatoms. The molecule has 0 aliphatic rings. The molecule has 1 unspecified atom stereocenters. The minimum atomic E-state index is -1.11. The standard InChI is InChI=1S/C16H16BrN3O2/c1-10-3-4-14(22-10)16(2,21)9-20-12-5-6-18-13-7-11(17)8-19-15(12)13/h3-8,21H,9H2,1-2H3,(H,18,20). The molecular weight excluding hydrogens is 346 g/mol. The molecule has 0 fully saturated rings. The molecular formula is C16H16BrN3O2. The maximum absolute atomic E-state index is 10.6. The fraction of sp³-hybridized carbons (Fsp3) is 0.250. The molecule has 2 N–H and O–H groups in total. The average molecular weight is 362 g/mol. The van der Waals surface area contributed by atoms with Crippen LogP contribution >= 0.6 is 15.9 Å². The van der Waals surface area contributed by atoms with Gasteiger partial charge in [0.05, 0.1) is 17.7 Å². The van der Waals surface area contributed by atoms with E-state index in [1.807, 2.05) is 25.1 Å². The molecule has 114 valence electrons. The number of hydrogen-bond acceptors (Lipinski definition) is 5. The smallest absolute Gasteiger partial charge is 0.137 e. The Kier molecular flexibility index (Phi) is 3.88. The van der Waals surface area contributed by atoms with Gasteiger partial charge in [-0.15, -0.1) is 0 Å². The Bertz CT molecular complexity index is 814. The highest BCUT2D eigenvalue weighted by molar-refractivity contribution is 9.10. The molecule has 0 saturated heterocycles. The third-order valence-corrected chi connectivity index (χ3v) is 3.87. The first kappa shape index (κ1) is 15.0. The second kappa shape index (κ2) is 5.70. The molecule has 0 aromatic carbocycles. The van der Waals surface area contributed by atoms with Gasteiger partial charge in [-0.05, 0) is 54.0 Å². The molecule has 0 aliphatic heterocycles. The summed E-state index contributed by atoms with van der Waals surface area (Å²) in [5, 5.41) is 13.8. The summed E-state index contributed by atoms with van der Waals surface area (Å²) in [6, 6.07) is 7.37. The van der Waals surface area contributed by atoms with Gasteiger partial charge in [0.15, 0.2) is 0 Å². The number of hydrogen-bond donors (Lipinski definition) is 2. The lowest BCUT2D eigenvalue weighted by Gasteiger charge is -2.22. The lowest BCUT2D eigenvalue weighted by Crippen LogP contribution is -2.30. The van der Waals surface area contributed by atoms with Crippen LogP contribution < -0.4 is 5.32 Å². The molecule has 3 aromatic rings. The molecule has 3 rings (SSSR count). The van der Waals surface area contributed by atoms with Crippen LogP contribution in [0, 0.1) is 6.92 Å². The summed E-state index contributed by atoms with van der Waals surface area (Å²) >= 11 is 3.39. The number of aliphatic hydroxyl groups is 1. The number of halogens is 1. The molecule has 3 heterocycles. The normalized spacial score (nSPS) is 14.0. The Morgan fingerprint density at radius 1 is 1.32 bits per heavy atom. The van der Waals surface area contributed by atoms with Crippen molar-refractivity contribution in [2.45, 2.75) is 19.4 Å². The topological polar surface area (TPSA) is 71.2 Å². The summed E-state index contributed by atoms with van der Waals surface area (Å²) in [4.78, 5) is 8.68. The van der Waals surface area contributed by atoms with Gasteiger partial charge in [-0.2, -0.15) is 0 Å². The van der Waals surface area contributed by atoms with Crippen LogP contribution in [0.3, 0.4) is 0 Å². The molecule has 1 atom stereocenters. The summed E-state index contributed by atoms with van der Waals surface area (Å²) in [5.74, 6) is 1.31. The second-order valence-electron chi connectivity index (χ2n) is 5.42. The van der Waals surface area contributed by atoms with Crippen LogP contribution in [0.2, 0.25) is 0 Å². The van der Waals surface area contributed by atoms with Crippen molar-refractivity contribution in [2.24, 2.45) is 0 Å². The second-order valence-corrected chi connectivity index (χ2v) is 6.33. The Morgan fingerprint density at radius 2 is 2.14 bits per heavy atom. The summed E-state index contributed by atoms with van der Waals surface area (Å²) in [7, 11) is 0. The van der Waals surface area contributed by atoms with E-state index in [1.165, 1.54) is 0 Å². The summed E-state index contributed by atoms with van der Waals surface area (Å²) in [6.45, 7) is 3.87. The summed E-state index contributed by atoms with van der Waals surface area (Å²) < 4.78 is 6.39. The van der Waals surface area contributed by atoms with Crippen molar-refractivity contribution in [3.8, 4) is 0 Å². The third kappa shape index (κ3) is 2.98. The zero-order valence-electron chi connectivity index (χ0n) is 12.3. The third-order valence-electron chi connectivity index (χ3n) is 3.44. The van der Waals surface area contributed by atoms with Crippen LogP contribution in [0.5, 0.6) is 0 Å². The predicted molar refractivity (Wildman–Crippen MR) is 88.7 cm³/mol. The van der Waals surface area contributed by atoms with Crippen molar-refractivity contribution >= 4 is 32.7 Å². The van der Waals surface area contributed by atoms with Crippen molar-refractivity contribution in [2.75, 3.05) is 11.9 Å². The number of aromatic nitrogens is 2. The van der Waals surface area contributed by atoms with E-state index in [-0.39, 0.29) is 0 Å². The molecule has 0 radical (unpaired) electrons. The van der Waals surface area contributed by atoms with Crippen molar-refractivity contribution < 1.29 is 9.52 Å². The van der Waals surface area contributed by atoms with E-state index >= 15 is 0 Å². The minimum absolute atomic E-state index is 0.302. The van der Waals surface area contributed by atoms with Crippen LogP contribution in [0.4, 0.5) is 5.69 Å². The highest BCUT2D eigenvalue weighted by Gasteiger charge is 2.26. The molecule has 0 aliphatic carbocycles. The van der Waals surface area contributed by atoms with E-state index in [0.717, 1.165) is 27.0 Å². The quantitative estimate of drug-likeness (QED) is 0.742. The zero-order chi connectivity index (χ0) is 15.7. The van der Waals surface area contributed by atoms with Crippen LogP contribution in [0.1, 0.15) is 18.4 Å². The SMILES string of the molecule is Cc1ccc(C(C)(O)CNc2ccnc3cc(Br)cnc23)o1. The van der Waals surface area contributed by atoms with E-state index in [2.05, 4.69) is 31.2 Å². The van der Waals surface area contributed by atoms with Gasteiger partial charge in [-0.1, -0.05) is 0 Å². The van der Waals surface area contributed by atoms with E-state index in [9.17, 15) is 5.11 Å². The van der Waals surface area contributed by atoms with Gasteiger partial charge < -0.3 is 14.8 Å². The first-order chi connectivity index (χ1) is 10.5. The van der Waals surface area contributed by atoms with Gasteiger partial charge in [0.2, 0.25) is 0 Å². The fourth-order valence-electron chi connectivity index (χ4n) is 2.23. The van der Waals surface area contributed by atoms with Crippen molar-refractivity contribution in [1.29, 1.82) is 0 Å². The van der Waals surface area contributed by atoms with Gasteiger partial charge in [-0.3, -0.25) is 9.97 Å². The maximum Gasteiger partial charge on any atom is 0.137 e. The fourth-order valence-corrected chi connectivity index (χ4v) is 2.55. The minimum Gasteiger partial charge on any atom is -0.463 e. The van der Waals surface area contributed by atoms with Gasteiger partial charge in [0.1, 0.15) is 22.6 Å². The monoisotopic (exact) mass is 361 g/mol. The van der Waals surface area contributed by atoms with Crippen LogP contribution in [0.25, 0.3) is 11.0 Å². The largest absolute Gasteiger partial charge is 0.463 e. The zero-order valence-corrected chi connectivity index (χ0v) is 13.9. The van der Waals surface area contributed by atoms with Gasteiger partial charge in [-0.25, -0.2) is 0 Å². The van der Waals surface area contributed by atoms with Gasteiger partial charge in [0.25, 0.3) is 0 Å². The molecule has 5 nitrogen and oxygen atoms in total. The van der Waals surface area contributed by atoms with E-state index in [4.69, 9.17) is 4.42 Å². The number of aryl methyl sites for hydroxylation is 1. The maximum atomic E-state index is 10.6. The number of pyridine rings is 2. The molecule has 0 spiro atoms. The highest BCUT2D eigenvalue weighted by atomic mass is 79.9. The van der Waals surface area contributed by atoms with Crippen LogP contribution in [-0.2, 0) is 5.60 Å². The number of nitrogens with zero attached hydrogens (tertiary/aromatic N) is 2. The lowest BCUT2D eigenvalue weighted by atomic mass is 10.0. The first-order valence-electron chi connectivity index (χ1n) is 6.89. The van der Waals surface area contributed by atoms with Crippen molar-refractivity contribution in [3.63, 3.8) is 0 Å². The molecule has 22 heavy (non-hydrogen) atoms. The first-order valence-corrected chi connectivity index (χ1v) is 7.68. The Labute approximate surface area is 136 Å². The molecule has 3 aromatic heterocycles. The Balaban J connectivity index is 1.85. The van der Waals surface area contributed by atoms with E-state index < -0.39 is 5.60 Å². The van der Waals surface area contributed by atoms with Gasteiger partial charge >= 0.3 is 0 Å². The highest BCUT2D eigenvalue weighted by Crippen LogP contribution is 2.26. The number of furan rings is 1. The van der Waals surface area contributed by atoms with Gasteiger partial charge in [0, 0.05) is 16.9 Å². The lowest BCUT2D eigenvalue weighted by molar-refractivity contribution is 0.0468. The van der Waals surface area contributed by atoms with Crippen LogP contribution in [-0.4, -0.2) is 21.6 Å². The average Bonchev–Trinajstić information content (AvgIpc) is 2.92. The molecule has 0 amide bonds. The van der Waals surface area contributed by atoms with E-state index in [0.29, 0.717) is 12.3 Å². The Hall–Kier alpha value is -1.92. The summed E-state index contributed by atoms with van der Waals surface area (Å²) in [5.41, 5.74) is 1.25. The Morgan fingerprint density at radius 3 is 2.86 bits per heavy atom. The number of rotatable bonds is 4. The summed E-state index contributed by atoms with van der Waals surface area (Å²) in [6.07, 6.45) is 3.44. The van der Waals surface area contributed by atoms with Crippen molar-refractivity contribution in [3.05, 3.63) is 52.7 Å². The predicted octanol–water partition coefficient (Wildman–Crippen LogP) is 3.61. The molecule has 0 saturated carbocycles. The number of fused-ring (bicyclic) bond motifs is 1. The number of anilines is 1. The molecule has 0 bridgehead atoms.